The Morgan fingerprint density at radius 2 is 2.17 bits per heavy atom. The first-order chi connectivity index (χ1) is 5.74. The van der Waals surface area contributed by atoms with Gasteiger partial charge in [-0.15, -0.1) is 0 Å². The summed E-state index contributed by atoms with van der Waals surface area (Å²) < 4.78 is 0. The molecule has 0 heterocycles. The van der Waals surface area contributed by atoms with Gasteiger partial charge in [-0.25, -0.2) is 0 Å². The Morgan fingerprint density at radius 3 is 2.67 bits per heavy atom. The van der Waals surface area contributed by atoms with Gasteiger partial charge in [0.15, 0.2) is 0 Å². The number of hydrazine groups is 1. The zero-order valence-electron chi connectivity index (χ0n) is 6.96. The maximum absolute atomic E-state index is 10.9. The Morgan fingerprint density at radius 1 is 1.50 bits per heavy atom. The maximum atomic E-state index is 10.9. The summed E-state index contributed by atoms with van der Waals surface area (Å²) in [6.45, 7) is 1.93. The van der Waals surface area contributed by atoms with Crippen LogP contribution in [0.25, 0.3) is 0 Å². The van der Waals surface area contributed by atoms with Gasteiger partial charge in [-0.05, 0) is 25.7 Å². The molecule has 1 saturated carbocycles. The molecule has 2 N–H and O–H groups in total. The first kappa shape index (κ1) is 8.77. The van der Waals surface area contributed by atoms with Crippen LogP contribution in [0, 0.1) is 5.92 Å². The fraction of sp³-hybridized carbons (Fsp3) is 0.500. The smallest absolute Gasteiger partial charge is 0.262 e. The summed E-state index contributed by atoms with van der Waals surface area (Å²) in [4.78, 5) is 20.7. The Labute approximate surface area is 71.0 Å². The number of allylic oxidation sites excluding steroid dienone is 1. The van der Waals surface area contributed by atoms with Crippen molar-refractivity contribution in [2.45, 2.75) is 19.8 Å². The lowest BCUT2D eigenvalue weighted by molar-refractivity contribution is -0.120. The molecule has 0 spiro atoms. The molecule has 66 valence electrons. The lowest BCUT2D eigenvalue weighted by Crippen LogP contribution is -2.35. The van der Waals surface area contributed by atoms with Crippen molar-refractivity contribution in [1.82, 2.24) is 10.9 Å². The van der Waals surface area contributed by atoms with Gasteiger partial charge in [0.1, 0.15) is 0 Å². The highest BCUT2D eigenvalue weighted by Crippen LogP contribution is 2.35. The average molecular weight is 168 g/mol. The Bertz CT molecular complexity index is 219. The molecule has 0 saturated heterocycles. The van der Waals surface area contributed by atoms with E-state index in [9.17, 15) is 9.59 Å². The van der Waals surface area contributed by atoms with E-state index >= 15 is 0 Å². The normalized spacial score (nSPS) is 16.9. The second-order valence-electron chi connectivity index (χ2n) is 2.91. The molecule has 12 heavy (non-hydrogen) atoms. The van der Waals surface area contributed by atoms with Crippen molar-refractivity contribution in [2.75, 3.05) is 0 Å². The van der Waals surface area contributed by atoms with Crippen LogP contribution >= 0.6 is 0 Å². The summed E-state index contributed by atoms with van der Waals surface area (Å²) in [5, 5.41) is 0. The van der Waals surface area contributed by atoms with Crippen molar-refractivity contribution < 1.29 is 9.59 Å². The zero-order valence-corrected chi connectivity index (χ0v) is 6.96. The first-order valence-corrected chi connectivity index (χ1v) is 3.91. The fourth-order valence-corrected chi connectivity index (χ4v) is 1.000. The molecule has 0 unspecified atom stereocenters. The highest BCUT2D eigenvalue weighted by Gasteiger charge is 2.23. The van der Waals surface area contributed by atoms with Gasteiger partial charge in [0.25, 0.3) is 5.91 Å². The number of hydrogen-bond donors (Lipinski definition) is 2. The minimum atomic E-state index is -0.272. The van der Waals surface area contributed by atoms with Crippen LogP contribution < -0.4 is 10.9 Å². The molecule has 0 aromatic rings. The number of hydrogen-bond acceptors (Lipinski definition) is 2. The molecule has 1 fully saturated rings. The molecule has 1 rings (SSSR count). The van der Waals surface area contributed by atoms with E-state index in [2.05, 4.69) is 10.9 Å². The number of carbonyl (C=O) groups is 2. The highest BCUT2D eigenvalue weighted by molar-refractivity contribution is 5.88. The lowest BCUT2D eigenvalue weighted by Gasteiger charge is -1.99. The molecule has 4 nitrogen and oxygen atoms in total. The summed E-state index contributed by atoms with van der Waals surface area (Å²) in [6, 6.07) is 0. The van der Waals surface area contributed by atoms with E-state index < -0.39 is 0 Å². The quantitative estimate of drug-likeness (QED) is 0.356. The van der Waals surface area contributed by atoms with Gasteiger partial charge in [-0.1, -0.05) is 5.57 Å². The van der Waals surface area contributed by atoms with Gasteiger partial charge < -0.3 is 0 Å². The van der Waals surface area contributed by atoms with Crippen LogP contribution in [0.15, 0.2) is 11.6 Å². The van der Waals surface area contributed by atoms with Crippen LogP contribution in [-0.2, 0) is 9.59 Å². The Kier molecular flexibility index (Phi) is 2.85. The second kappa shape index (κ2) is 3.90. The minimum Gasteiger partial charge on any atom is -0.277 e. The van der Waals surface area contributed by atoms with Gasteiger partial charge in [0, 0.05) is 6.08 Å². The van der Waals surface area contributed by atoms with E-state index in [0.29, 0.717) is 12.3 Å². The van der Waals surface area contributed by atoms with Crippen molar-refractivity contribution in [3.63, 3.8) is 0 Å². The molecule has 1 aliphatic carbocycles. The number of rotatable bonds is 4. The van der Waals surface area contributed by atoms with E-state index in [4.69, 9.17) is 0 Å². The van der Waals surface area contributed by atoms with Crippen molar-refractivity contribution in [2.24, 2.45) is 5.92 Å². The number of nitrogens with one attached hydrogen (secondary N) is 2. The molecule has 2 amide bonds. The van der Waals surface area contributed by atoms with E-state index in [1.807, 2.05) is 6.92 Å². The number of amides is 2. The lowest BCUT2D eigenvalue weighted by atomic mass is 10.2. The minimum absolute atomic E-state index is 0.272. The molecule has 0 atom stereocenters. The van der Waals surface area contributed by atoms with Gasteiger partial charge in [0.05, 0.1) is 0 Å². The molecular formula is C8H12N2O2. The third-order valence-corrected chi connectivity index (χ3v) is 1.83. The first-order valence-electron chi connectivity index (χ1n) is 3.91. The highest BCUT2D eigenvalue weighted by atomic mass is 16.2. The van der Waals surface area contributed by atoms with Crippen LogP contribution in [-0.4, -0.2) is 12.3 Å². The number of carbonyl (C=O) groups excluding carboxylic acids is 2. The third kappa shape index (κ3) is 2.74. The van der Waals surface area contributed by atoms with Gasteiger partial charge in [-0.2, -0.15) is 0 Å². The zero-order chi connectivity index (χ0) is 8.97. The van der Waals surface area contributed by atoms with Gasteiger partial charge >= 0.3 is 0 Å². The predicted molar refractivity (Wildman–Crippen MR) is 43.8 cm³/mol. The van der Waals surface area contributed by atoms with E-state index in [0.717, 1.165) is 5.57 Å². The summed E-state index contributed by atoms with van der Waals surface area (Å²) >= 11 is 0. The summed E-state index contributed by atoms with van der Waals surface area (Å²) in [5.74, 6) is 0.318. The van der Waals surface area contributed by atoms with Crippen LogP contribution in [0.3, 0.4) is 0 Å². The van der Waals surface area contributed by atoms with Gasteiger partial charge in [-0.3, -0.25) is 20.4 Å². The molecule has 4 heteroatoms. The average Bonchev–Trinajstić information content (AvgIpc) is 2.82. The molecule has 0 aromatic carbocycles. The van der Waals surface area contributed by atoms with E-state index in [1.165, 1.54) is 18.9 Å². The predicted octanol–water partition coefficient (Wildman–Crippen LogP) is 0.120. The molecule has 0 bridgehead atoms. The van der Waals surface area contributed by atoms with Crippen LogP contribution in [0.5, 0.6) is 0 Å². The van der Waals surface area contributed by atoms with Crippen LogP contribution in [0.2, 0.25) is 0 Å². The van der Waals surface area contributed by atoms with Crippen molar-refractivity contribution in [3.8, 4) is 0 Å². The molecular weight excluding hydrogens is 156 g/mol. The summed E-state index contributed by atoms with van der Waals surface area (Å²) in [7, 11) is 0. The van der Waals surface area contributed by atoms with E-state index in [-0.39, 0.29) is 5.91 Å². The molecule has 0 aliphatic heterocycles. The Balaban J connectivity index is 2.31. The maximum Gasteiger partial charge on any atom is 0.262 e. The third-order valence-electron chi connectivity index (χ3n) is 1.83. The largest absolute Gasteiger partial charge is 0.277 e. The topological polar surface area (TPSA) is 58.2 Å². The second-order valence-corrected chi connectivity index (χ2v) is 2.91. The molecule has 0 radical (unpaired) electrons. The Hall–Kier alpha value is -1.32. The van der Waals surface area contributed by atoms with Crippen molar-refractivity contribution in [1.29, 1.82) is 0 Å². The monoisotopic (exact) mass is 168 g/mol. The molecule has 1 aliphatic rings. The van der Waals surface area contributed by atoms with Crippen LogP contribution in [0.1, 0.15) is 19.8 Å². The summed E-state index contributed by atoms with van der Waals surface area (Å²) in [5.41, 5.74) is 5.38. The summed E-state index contributed by atoms with van der Waals surface area (Å²) in [6.07, 6.45) is 4.31. The van der Waals surface area contributed by atoms with Crippen molar-refractivity contribution in [3.05, 3.63) is 11.6 Å². The SMILES string of the molecule is C/C(=C\C(=O)NNC=O)C1CC1. The van der Waals surface area contributed by atoms with Crippen LogP contribution in [0.4, 0.5) is 0 Å². The van der Waals surface area contributed by atoms with E-state index in [1.54, 1.807) is 0 Å². The fourth-order valence-electron chi connectivity index (χ4n) is 1.000. The van der Waals surface area contributed by atoms with Gasteiger partial charge in [0.2, 0.25) is 6.41 Å². The molecule has 0 aromatic heterocycles. The van der Waals surface area contributed by atoms with Crippen molar-refractivity contribution >= 4 is 12.3 Å². The standard InChI is InChI=1S/C8H12N2O2/c1-6(7-2-3-7)4-8(12)10-9-5-11/h4-5,7H,2-3H2,1H3,(H,9,11)(H,10,12)/b6-4+.